The summed E-state index contributed by atoms with van der Waals surface area (Å²) < 4.78 is 5.80. The molecule has 0 aliphatic heterocycles. The van der Waals surface area contributed by atoms with Crippen molar-refractivity contribution in [3.05, 3.63) is 35.5 Å². The van der Waals surface area contributed by atoms with Gasteiger partial charge in [0.1, 0.15) is 17.9 Å². The third-order valence-corrected chi connectivity index (χ3v) is 4.80. The minimum absolute atomic E-state index is 0.0242. The number of pyridine rings is 1. The highest BCUT2D eigenvalue weighted by molar-refractivity contribution is 7.99. The minimum atomic E-state index is -1.06. The highest BCUT2D eigenvalue weighted by Gasteiger charge is 2.13. The maximum Gasteiger partial charge on any atom is 0.145 e. The fourth-order valence-electron chi connectivity index (χ4n) is 2.05. The van der Waals surface area contributed by atoms with E-state index in [9.17, 15) is 9.90 Å². The number of ether oxygens (including phenoxy) is 1. The Balaban J connectivity index is 2.12. The molecule has 0 aliphatic carbocycles. The van der Waals surface area contributed by atoms with Crippen molar-refractivity contribution in [3.63, 3.8) is 0 Å². The summed E-state index contributed by atoms with van der Waals surface area (Å²) in [6.45, 7) is 2.35. The molecule has 1 aromatic carbocycles. The number of hydrogen-bond acceptors (Lipinski definition) is 5. The summed E-state index contributed by atoms with van der Waals surface area (Å²) in [5, 5.41) is 12.1. The molecular formula is C16H17ClNO3S-. The third-order valence-electron chi connectivity index (χ3n) is 3.06. The lowest BCUT2D eigenvalue weighted by atomic mass is 10.2. The van der Waals surface area contributed by atoms with Gasteiger partial charge < -0.3 is 14.6 Å². The van der Waals surface area contributed by atoms with Gasteiger partial charge in [0.05, 0.1) is 5.02 Å². The SMILES string of the molecule is CCCSC(COc1ccc(Cl)c2cccnc12)CC(=O)[O-]. The predicted molar refractivity (Wildman–Crippen MR) is 88.4 cm³/mol. The van der Waals surface area contributed by atoms with Crippen LogP contribution in [-0.2, 0) is 4.79 Å². The molecule has 1 heterocycles. The Hall–Kier alpha value is -1.46. The first kappa shape index (κ1) is 16.9. The Morgan fingerprint density at radius 3 is 3.00 bits per heavy atom. The molecule has 2 rings (SSSR count). The molecule has 4 nitrogen and oxygen atoms in total. The van der Waals surface area contributed by atoms with E-state index in [1.807, 2.05) is 12.1 Å². The zero-order valence-corrected chi connectivity index (χ0v) is 13.8. The summed E-state index contributed by atoms with van der Waals surface area (Å²) in [7, 11) is 0. The average Bonchev–Trinajstić information content (AvgIpc) is 2.51. The van der Waals surface area contributed by atoms with Crippen LogP contribution in [0.5, 0.6) is 5.75 Å². The molecule has 0 bridgehead atoms. The van der Waals surface area contributed by atoms with Gasteiger partial charge in [0.25, 0.3) is 0 Å². The molecule has 1 unspecified atom stereocenters. The van der Waals surface area contributed by atoms with Crippen molar-refractivity contribution in [3.8, 4) is 5.75 Å². The number of rotatable bonds is 8. The number of carbonyl (C=O) groups is 1. The third kappa shape index (κ3) is 4.52. The van der Waals surface area contributed by atoms with Crippen LogP contribution in [0.15, 0.2) is 30.5 Å². The molecule has 0 aliphatic rings. The van der Waals surface area contributed by atoms with Gasteiger partial charge in [0, 0.05) is 29.2 Å². The second kappa shape index (κ2) is 8.25. The first-order chi connectivity index (χ1) is 10.6. The molecule has 1 aromatic heterocycles. The second-order valence-electron chi connectivity index (χ2n) is 4.83. The molecule has 6 heteroatoms. The average molecular weight is 339 g/mol. The van der Waals surface area contributed by atoms with Gasteiger partial charge in [-0.1, -0.05) is 18.5 Å². The van der Waals surface area contributed by atoms with Crippen molar-refractivity contribution in [1.82, 2.24) is 4.98 Å². The molecule has 1 atom stereocenters. The molecule has 22 heavy (non-hydrogen) atoms. The topological polar surface area (TPSA) is 62.2 Å². The minimum Gasteiger partial charge on any atom is -0.550 e. The van der Waals surface area contributed by atoms with Crippen molar-refractivity contribution < 1.29 is 14.6 Å². The summed E-state index contributed by atoms with van der Waals surface area (Å²) >= 11 is 7.73. The summed E-state index contributed by atoms with van der Waals surface area (Å²) in [6.07, 6.45) is 2.64. The molecular weight excluding hydrogens is 322 g/mol. The van der Waals surface area contributed by atoms with Gasteiger partial charge in [-0.2, -0.15) is 11.8 Å². The van der Waals surface area contributed by atoms with Crippen molar-refractivity contribution in [1.29, 1.82) is 0 Å². The van der Waals surface area contributed by atoms with Gasteiger partial charge in [-0.05, 0) is 36.4 Å². The first-order valence-corrected chi connectivity index (χ1v) is 8.52. The number of aromatic nitrogens is 1. The molecule has 0 saturated carbocycles. The molecule has 0 saturated heterocycles. The summed E-state index contributed by atoms with van der Waals surface area (Å²) in [5.41, 5.74) is 0.683. The molecule has 0 spiro atoms. The van der Waals surface area contributed by atoms with E-state index in [4.69, 9.17) is 16.3 Å². The Morgan fingerprint density at radius 2 is 2.27 bits per heavy atom. The zero-order chi connectivity index (χ0) is 15.9. The monoisotopic (exact) mass is 338 g/mol. The maximum atomic E-state index is 10.8. The van der Waals surface area contributed by atoms with Gasteiger partial charge in [-0.15, -0.1) is 0 Å². The summed E-state index contributed by atoms with van der Waals surface area (Å²) in [4.78, 5) is 15.1. The largest absolute Gasteiger partial charge is 0.550 e. The number of aliphatic carboxylic acids is 1. The van der Waals surface area contributed by atoms with E-state index in [0.717, 1.165) is 17.6 Å². The highest BCUT2D eigenvalue weighted by Crippen LogP contribution is 2.30. The van der Waals surface area contributed by atoms with E-state index >= 15 is 0 Å². The number of thioether (sulfide) groups is 1. The number of hydrogen-bond donors (Lipinski definition) is 0. The highest BCUT2D eigenvalue weighted by atomic mass is 35.5. The predicted octanol–water partition coefficient (Wildman–Crippen LogP) is 2.92. The van der Waals surface area contributed by atoms with Crippen molar-refractivity contribution >= 4 is 40.2 Å². The van der Waals surface area contributed by atoms with Crippen LogP contribution in [0.25, 0.3) is 10.9 Å². The Bertz CT molecular complexity index is 650. The van der Waals surface area contributed by atoms with E-state index in [1.165, 1.54) is 0 Å². The van der Waals surface area contributed by atoms with Crippen LogP contribution in [0, 0.1) is 0 Å². The molecule has 0 N–H and O–H groups in total. The molecule has 118 valence electrons. The van der Waals surface area contributed by atoms with E-state index in [0.29, 0.717) is 22.9 Å². The number of benzene rings is 1. The van der Waals surface area contributed by atoms with Crippen molar-refractivity contribution in [2.24, 2.45) is 0 Å². The van der Waals surface area contributed by atoms with Crippen LogP contribution in [0.1, 0.15) is 19.8 Å². The number of carbonyl (C=O) groups excluding carboxylic acids is 1. The van der Waals surface area contributed by atoms with Crippen LogP contribution in [0.2, 0.25) is 5.02 Å². The van der Waals surface area contributed by atoms with Crippen LogP contribution in [-0.4, -0.2) is 28.6 Å². The van der Waals surface area contributed by atoms with Crippen LogP contribution < -0.4 is 9.84 Å². The Kier molecular flexibility index (Phi) is 6.34. The number of halogens is 1. The second-order valence-corrected chi connectivity index (χ2v) is 6.64. The Morgan fingerprint density at radius 1 is 1.45 bits per heavy atom. The van der Waals surface area contributed by atoms with Crippen molar-refractivity contribution in [2.75, 3.05) is 12.4 Å². The molecule has 0 fully saturated rings. The maximum absolute atomic E-state index is 10.8. The zero-order valence-electron chi connectivity index (χ0n) is 12.3. The standard InChI is InChI=1S/C16H18ClNO3S/c1-2-8-22-11(9-15(19)20)10-21-14-6-5-13(17)12-4-3-7-18-16(12)14/h3-7,11H,2,8-10H2,1H3,(H,19,20)/p-1. The lowest BCUT2D eigenvalue weighted by Crippen LogP contribution is -2.29. The number of fused-ring (bicyclic) bond motifs is 1. The summed E-state index contributed by atoms with van der Waals surface area (Å²) in [6, 6.07) is 7.21. The van der Waals surface area contributed by atoms with E-state index in [-0.39, 0.29) is 11.7 Å². The van der Waals surface area contributed by atoms with E-state index < -0.39 is 5.97 Å². The van der Waals surface area contributed by atoms with Gasteiger partial charge in [-0.25, -0.2) is 0 Å². The lowest BCUT2D eigenvalue weighted by molar-refractivity contribution is -0.305. The fourth-order valence-corrected chi connectivity index (χ4v) is 3.25. The Labute approximate surface area is 138 Å². The fraction of sp³-hybridized carbons (Fsp3) is 0.375. The van der Waals surface area contributed by atoms with Gasteiger partial charge in [0.15, 0.2) is 0 Å². The van der Waals surface area contributed by atoms with Gasteiger partial charge in [0.2, 0.25) is 0 Å². The smallest absolute Gasteiger partial charge is 0.145 e. The van der Waals surface area contributed by atoms with Crippen molar-refractivity contribution in [2.45, 2.75) is 25.0 Å². The number of nitrogens with zero attached hydrogens (tertiary/aromatic N) is 1. The number of carboxylic acid groups (broad SMARTS) is 1. The van der Waals surface area contributed by atoms with Gasteiger partial charge in [-0.3, -0.25) is 4.98 Å². The first-order valence-electron chi connectivity index (χ1n) is 7.09. The van der Waals surface area contributed by atoms with Gasteiger partial charge >= 0.3 is 0 Å². The number of carboxylic acids is 1. The molecule has 0 amide bonds. The van der Waals surface area contributed by atoms with E-state index in [1.54, 1.807) is 30.1 Å². The van der Waals surface area contributed by atoms with Crippen LogP contribution in [0.4, 0.5) is 0 Å². The van der Waals surface area contributed by atoms with Crippen LogP contribution >= 0.6 is 23.4 Å². The van der Waals surface area contributed by atoms with E-state index in [2.05, 4.69) is 11.9 Å². The quantitative estimate of drug-likeness (QED) is 0.740. The lowest BCUT2D eigenvalue weighted by Gasteiger charge is -2.18. The molecule has 2 aromatic rings. The normalized spacial score (nSPS) is 12.3. The molecule has 0 radical (unpaired) electrons. The van der Waals surface area contributed by atoms with Crippen LogP contribution in [0.3, 0.4) is 0 Å². The summed E-state index contributed by atoms with van der Waals surface area (Å²) in [5.74, 6) is 0.442.